The Hall–Kier alpha value is -1.42. The Morgan fingerprint density at radius 1 is 1.29 bits per heavy atom. The van der Waals surface area contributed by atoms with E-state index in [0.717, 1.165) is 25.7 Å². The summed E-state index contributed by atoms with van der Waals surface area (Å²) in [5.74, 6) is 0. The van der Waals surface area contributed by atoms with Crippen molar-refractivity contribution in [2.24, 2.45) is 5.73 Å². The Morgan fingerprint density at radius 2 is 1.90 bits per heavy atom. The first-order chi connectivity index (χ1) is 9.86. The van der Waals surface area contributed by atoms with Crippen LogP contribution in [0.15, 0.2) is 23.1 Å². The average Bonchev–Trinajstić information content (AvgIpc) is 2.46. The van der Waals surface area contributed by atoms with Crippen LogP contribution in [-0.2, 0) is 10.0 Å². The lowest BCUT2D eigenvalue weighted by Crippen LogP contribution is -2.41. The van der Waals surface area contributed by atoms with E-state index in [1.165, 1.54) is 10.4 Å². The van der Waals surface area contributed by atoms with E-state index in [-0.39, 0.29) is 17.0 Å². The minimum absolute atomic E-state index is 0.00448. The largest absolute Gasteiger partial charge is 0.328 e. The smallest absolute Gasteiger partial charge is 0.243 e. The minimum atomic E-state index is -3.53. The predicted octanol–water partition coefficient (Wildman–Crippen LogP) is 1.76. The molecule has 0 unspecified atom stereocenters. The summed E-state index contributed by atoms with van der Waals surface area (Å²) >= 11 is 0. The molecule has 0 bridgehead atoms. The number of aryl methyl sites for hydroxylation is 1. The summed E-state index contributed by atoms with van der Waals surface area (Å²) in [7, 11) is -1.90. The summed E-state index contributed by atoms with van der Waals surface area (Å²) in [5, 5.41) is 8.87. The SMILES string of the molecule is Cc1cc(C#N)ccc1S(=O)(=O)N(C)C1CCC(N)CC1. The summed E-state index contributed by atoms with van der Waals surface area (Å²) in [5.41, 5.74) is 6.95. The summed E-state index contributed by atoms with van der Waals surface area (Å²) < 4.78 is 27.0. The normalized spacial score (nSPS) is 23.0. The van der Waals surface area contributed by atoms with Gasteiger partial charge >= 0.3 is 0 Å². The van der Waals surface area contributed by atoms with Gasteiger partial charge < -0.3 is 5.73 Å². The van der Waals surface area contributed by atoms with Crippen LogP contribution in [0.25, 0.3) is 0 Å². The fraction of sp³-hybridized carbons (Fsp3) is 0.533. The van der Waals surface area contributed by atoms with Crippen molar-refractivity contribution in [1.29, 1.82) is 5.26 Å². The summed E-state index contributed by atoms with van der Waals surface area (Å²) in [4.78, 5) is 0.277. The molecule has 1 aromatic carbocycles. The molecule has 2 N–H and O–H groups in total. The van der Waals surface area contributed by atoms with Crippen LogP contribution >= 0.6 is 0 Å². The van der Waals surface area contributed by atoms with Crippen LogP contribution in [0.2, 0.25) is 0 Å². The Labute approximate surface area is 126 Å². The molecular weight excluding hydrogens is 286 g/mol. The zero-order chi connectivity index (χ0) is 15.6. The van der Waals surface area contributed by atoms with Crippen LogP contribution in [0.4, 0.5) is 0 Å². The molecule has 0 saturated heterocycles. The maximum Gasteiger partial charge on any atom is 0.243 e. The lowest BCUT2D eigenvalue weighted by Gasteiger charge is -2.33. The summed E-state index contributed by atoms with van der Waals surface area (Å²) in [6.45, 7) is 1.72. The number of hydrogen-bond acceptors (Lipinski definition) is 4. The number of benzene rings is 1. The maximum atomic E-state index is 12.7. The van der Waals surface area contributed by atoms with Gasteiger partial charge in [-0.25, -0.2) is 8.42 Å². The van der Waals surface area contributed by atoms with E-state index in [1.807, 2.05) is 6.07 Å². The van der Waals surface area contributed by atoms with Crippen molar-refractivity contribution in [3.63, 3.8) is 0 Å². The number of nitriles is 1. The molecule has 1 saturated carbocycles. The third-order valence-corrected chi connectivity index (χ3v) is 6.29. The molecule has 0 heterocycles. The molecule has 1 fully saturated rings. The van der Waals surface area contributed by atoms with Gasteiger partial charge in [-0.15, -0.1) is 0 Å². The quantitative estimate of drug-likeness (QED) is 0.921. The molecule has 5 nitrogen and oxygen atoms in total. The van der Waals surface area contributed by atoms with Crippen LogP contribution in [0.5, 0.6) is 0 Å². The van der Waals surface area contributed by atoms with Gasteiger partial charge in [0.2, 0.25) is 10.0 Å². The molecule has 0 aromatic heterocycles. The third-order valence-electron chi connectivity index (χ3n) is 4.22. The highest BCUT2D eigenvalue weighted by atomic mass is 32.2. The molecule has 1 aromatic rings. The molecule has 1 aliphatic carbocycles. The van der Waals surface area contributed by atoms with Gasteiger partial charge in [0.1, 0.15) is 0 Å². The van der Waals surface area contributed by atoms with Crippen LogP contribution < -0.4 is 5.73 Å². The van der Waals surface area contributed by atoms with Gasteiger partial charge in [0, 0.05) is 19.1 Å². The minimum Gasteiger partial charge on any atom is -0.328 e. The first-order valence-electron chi connectivity index (χ1n) is 7.10. The zero-order valence-corrected chi connectivity index (χ0v) is 13.2. The Kier molecular flexibility index (Phi) is 4.67. The van der Waals surface area contributed by atoms with Gasteiger partial charge in [0.05, 0.1) is 16.5 Å². The Bertz CT molecular complexity index is 656. The molecule has 21 heavy (non-hydrogen) atoms. The first-order valence-corrected chi connectivity index (χ1v) is 8.54. The van der Waals surface area contributed by atoms with Crippen LogP contribution in [0.3, 0.4) is 0 Å². The van der Waals surface area contributed by atoms with Crippen molar-refractivity contribution in [3.05, 3.63) is 29.3 Å². The molecule has 0 aliphatic heterocycles. The van der Waals surface area contributed by atoms with E-state index in [9.17, 15) is 8.42 Å². The Balaban J connectivity index is 2.27. The number of hydrogen-bond donors (Lipinski definition) is 1. The van der Waals surface area contributed by atoms with Gasteiger partial charge in [-0.2, -0.15) is 9.57 Å². The standard InChI is InChI=1S/C15H21N3O2S/c1-11-9-12(10-16)3-8-15(11)21(19,20)18(2)14-6-4-13(17)5-7-14/h3,8-9,13-14H,4-7,17H2,1-2H3. The molecule has 2 rings (SSSR count). The highest BCUT2D eigenvalue weighted by Gasteiger charge is 2.31. The van der Waals surface area contributed by atoms with E-state index in [2.05, 4.69) is 0 Å². The second kappa shape index (κ2) is 6.14. The van der Waals surface area contributed by atoms with Crippen LogP contribution in [-0.4, -0.2) is 31.9 Å². The molecular formula is C15H21N3O2S. The van der Waals surface area contributed by atoms with E-state index in [0.29, 0.717) is 11.1 Å². The van der Waals surface area contributed by atoms with Crippen LogP contribution in [0.1, 0.15) is 36.8 Å². The van der Waals surface area contributed by atoms with E-state index < -0.39 is 10.0 Å². The van der Waals surface area contributed by atoms with Crippen molar-refractivity contribution < 1.29 is 8.42 Å². The van der Waals surface area contributed by atoms with Crippen molar-refractivity contribution in [1.82, 2.24) is 4.31 Å². The molecule has 1 aliphatic rings. The van der Waals surface area contributed by atoms with Gasteiger partial charge in [0.25, 0.3) is 0 Å². The van der Waals surface area contributed by atoms with Gasteiger partial charge in [0.15, 0.2) is 0 Å². The lowest BCUT2D eigenvalue weighted by atomic mass is 9.92. The molecule has 6 heteroatoms. The molecule has 0 amide bonds. The third kappa shape index (κ3) is 3.26. The second-order valence-electron chi connectivity index (χ2n) is 5.68. The summed E-state index contributed by atoms with van der Waals surface area (Å²) in [6.07, 6.45) is 3.31. The van der Waals surface area contributed by atoms with E-state index in [4.69, 9.17) is 11.0 Å². The molecule has 114 valence electrons. The van der Waals surface area contributed by atoms with Crippen molar-refractivity contribution in [2.45, 2.75) is 49.6 Å². The van der Waals surface area contributed by atoms with E-state index >= 15 is 0 Å². The fourth-order valence-electron chi connectivity index (χ4n) is 2.82. The first kappa shape index (κ1) is 16.0. The molecule has 0 radical (unpaired) electrons. The number of rotatable bonds is 3. The van der Waals surface area contributed by atoms with E-state index in [1.54, 1.807) is 26.1 Å². The highest BCUT2D eigenvalue weighted by molar-refractivity contribution is 7.89. The van der Waals surface area contributed by atoms with Gasteiger partial charge in [-0.1, -0.05) is 0 Å². The maximum absolute atomic E-state index is 12.7. The van der Waals surface area contributed by atoms with Gasteiger partial charge in [-0.3, -0.25) is 0 Å². The molecule has 0 spiro atoms. The number of nitrogens with two attached hydrogens (primary N) is 1. The Morgan fingerprint density at radius 3 is 2.43 bits per heavy atom. The zero-order valence-electron chi connectivity index (χ0n) is 12.4. The number of nitrogens with zero attached hydrogens (tertiary/aromatic N) is 2. The van der Waals surface area contributed by atoms with Crippen molar-refractivity contribution in [2.75, 3.05) is 7.05 Å². The van der Waals surface area contributed by atoms with Crippen LogP contribution in [0, 0.1) is 18.3 Å². The molecule has 0 atom stereocenters. The van der Waals surface area contributed by atoms with Crippen molar-refractivity contribution in [3.8, 4) is 6.07 Å². The van der Waals surface area contributed by atoms with Crippen molar-refractivity contribution >= 4 is 10.0 Å². The fourth-order valence-corrected chi connectivity index (χ4v) is 4.44. The monoisotopic (exact) mass is 307 g/mol. The highest BCUT2D eigenvalue weighted by Crippen LogP contribution is 2.27. The topological polar surface area (TPSA) is 87.2 Å². The summed E-state index contributed by atoms with van der Waals surface area (Å²) in [6, 6.07) is 6.89. The second-order valence-corrected chi connectivity index (χ2v) is 7.65. The average molecular weight is 307 g/mol. The predicted molar refractivity (Wildman–Crippen MR) is 81.1 cm³/mol. The van der Waals surface area contributed by atoms with Gasteiger partial charge in [-0.05, 0) is 56.4 Å². The lowest BCUT2D eigenvalue weighted by molar-refractivity contribution is 0.268. The number of sulfonamides is 1.